The summed E-state index contributed by atoms with van der Waals surface area (Å²) < 4.78 is 0. The lowest BCUT2D eigenvalue weighted by Gasteiger charge is -2.36. The first kappa shape index (κ1) is 16.1. The van der Waals surface area contributed by atoms with Gasteiger partial charge in [0.15, 0.2) is 0 Å². The predicted octanol–water partition coefficient (Wildman–Crippen LogP) is 2.08. The van der Waals surface area contributed by atoms with Crippen LogP contribution in [0.5, 0.6) is 0 Å². The van der Waals surface area contributed by atoms with Crippen LogP contribution in [0.4, 0.5) is 10.5 Å². The maximum Gasteiger partial charge on any atom is 0.325 e. The van der Waals surface area contributed by atoms with Gasteiger partial charge in [-0.15, -0.1) is 0 Å². The Bertz CT molecular complexity index is 747. The number of hydrogen-bond acceptors (Lipinski definition) is 3. The molecule has 2 heterocycles. The van der Waals surface area contributed by atoms with Crippen LogP contribution in [0.25, 0.3) is 0 Å². The van der Waals surface area contributed by atoms with Crippen LogP contribution in [-0.2, 0) is 16.0 Å². The van der Waals surface area contributed by atoms with Crippen molar-refractivity contribution in [3.63, 3.8) is 0 Å². The molecule has 4 amide bonds. The molecule has 2 atom stereocenters. The molecule has 1 saturated heterocycles. The van der Waals surface area contributed by atoms with Crippen LogP contribution in [-0.4, -0.2) is 41.4 Å². The van der Waals surface area contributed by atoms with Gasteiger partial charge in [0.05, 0.1) is 0 Å². The van der Waals surface area contributed by atoms with Crippen LogP contribution in [0.2, 0.25) is 0 Å². The number of hydrogen-bond donors (Lipinski definition) is 1. The van der Waals surface area contributed by atoms with Crippen molar-refractivity contribution in [2.45, 2.75) is 44.6 Å². The number of carbonyl (C=O) groups excluding carboxylic acids is 3. The van der Waals surface area contributed by atoms with E-state index >= 15 is 0 Å². The summed E-state index contributed by atoms with van der Waals surface area (Å²) in [6.45, 7) is 2.43. The summed E-state index contributed by atoms with van der Waals surface area (Å²) in [6, 6.07) is 7.35. The van der Waals surface area contributed by atoms with Gasteiger partial charge in [-0.05, 0) is 36.8 Å². The summed E-state index contributed by atoms with van der Waals surface area (Å²) in [6.07, 6.45) is 4.40. The number of carbonyl (C=O) groups is 3. The largest absolute Gasteiger partial charge is 0.325 e. The molecule has 2 aliphatic heterocycles. The SMILES string of the molecule is C[C@@H]1CCCC[C@]12NC(=O)N(CC(=O)N1CCc3ccccc31)C2=O. The van der Waals surface area contributed by atoms with Gasteiger partial charge in [-0.3, -0.25) is 14.5 Å². The summed E-state index contributed by atoms with van der Waals surface area (Å²) in [5.41, 5.74) is 1.21. The highest BCUT2D eigenvalue weighted by atomic mass is 16.2. The first-order valence-electron chi connectivity index (χ1n) is 9.05. The van der Waals surface area contributed by atoms with Crippen molar-refractivity contribution < 1.29 is 14.4 Å². The van der Waals surface area contributed by atoms with Crippen molar-refractivity contribution in [1.29, 1.82) is 0 Å². The quantitative estimate of drug-likeness (QED) is 0.837. The first-order chi connectivity index (χ1) is 12.0. The molecule has 132 valence electrons. The molecular formula is C19H23N3O3. The highest BCUT2D eigenvalue weighted by Crippen LogP contribution is 2.38. The second kappa shape index (κ2) is 5.86. The Balaban J connectivity index is 1.52. The standard InChI is InChI=1S/C19H23N3O3/c1-13-6-4-5-10-19(13)17(24)22(18(25)20-19)12-16(23)21-11-9-14-7-2-3-8-15(14)21/h2-3,7-8,13H,4-6,9-12H2,1H3,(H,20,25)/t13-,19+/m1/s1. The average molecular weight is 341 g/mol. The van der Waals surface area contributed by atoms with E-state index in [4.69, 9.17) is 0 Å². The summed E-state index contributed by atoms with van der Waals surface area (Å²) in [5.74, 6) is -0.329. The molecule has 1 aromatic rings. The van der Waals surface area contributed by atoms with E-state index < -0.39 is 11.6 Å². The Labute approximate surface area is 147 Å². The number of benzene rings is 1. The molecule has 1 spiro atoms. The van der Waals surface area contributed by atoms with Gasteiger partial charge in [0, 0.05) is 12.2 Å². The number of para-hydroxylation sites is 1. The molecular weight excluding hydrogens is 318 g/mol. The van der Waals surface area contributed by atoms with Crippen LogP contribution in [0.1, 0.15) is 38.2 Å². The number of amides is 4. The van der Waals surface area contributed by atoms with Crippen LogP contribution in [0, 0.1) is 5.92 Å². The maximum absolute atomic E-state index is 13.0. The Morgan fingerprint density at radius 2 is 2.08 bits per heavy atom. The van der Waals surface area contributed by atoms with E-state index in [2.05, 4.69) is 5.32 Å². The maximum atomic E-state index is 13.0. The van der Waals surface area contributed by atoms with E-state index in [-0.39, 0.29) is 24.3 Å². The second-order valence-corrected chi connectivity index (χ2v) is 7.36. The van der Waals surface area contributed by atoms with E-state index in [9.17, 15) is 14.4 Å². The van der Waals surface area contributed by atoms with Gasteiger partial charge >= 0.3 is 6.03 Å². The molecule has 0 unspecified atom stereocenters. The van der Waals surface area contributed by atoms with Crippen LogP contribution in [0.3, 0.4) is 0 Å². The minimum Gasteiger partial charge on any atom is -0.323 e. The van der Waals surface area contributed by atoms with Gasteiger partial charge in [0.1, 0.15) is 12.1 Å². The number of urea groups is 1. The molecule has 1 aromatic carbocycles. The molecule has 1 aliphatic carbocycles. The van der Waals surface area contributed by atoms with Crippen LogP contribution in [0.15, 0.2) is 24.3 Å². The van der Waals surface area contributed by atoms with Gasteiger partial charge in [-0.25, -0.2) is 4.79 Å². The molecule has 3 aliphatic rings. The van der Waals surface area contributed by atoms with E-state index in [1.54, 1.807) is 4.90 Å². The van der Waals surface area contributed by atoms with E-state index in [0.717, 1.165) is 41.8 Å². The zero-order chi connectivity index (χ0) is 17.6. The predicted molar refractivity (Wildman–Crippen MR) is 93.1 cm³/mol. The van der Waals surface area contributed by atoms with Crippen LogP contribution >= 0.6 is 0 Å². The van der Waals surface area contributed by atoms with Gasteiger partial charge in [0.25, 0.3) is 5.91 Å². The third-order valence-electron chi connectivity index (χ3n) is 5.98. The third kappa shape index (κ3) is 2.42. The lowest BCUT2D eigenvalue weighted by Crippen LogP contribution is -2.54. The van der Waals surface area contributed by atoms with Crippen molar-refractivity contribution in [1.82, 2.24) is 10.2 Å². The molecule has 0 bridgehead atoms. The Morgan fingerprint density at radius 1 is 1.28 bits per heavy atom. The first-order valence-corrected chi connectivity index (χ1v) is 9.05. The molecule has 0 radical (unpaired) electrons. The summed E-state index contributed by atoms with van der Waals surface area (Å²) in [4.78, 5) is 41.0. The second-order valence-electron chi connectivity index (χ2n) is 7.36. The number of nitrogens with zero attached hydrogens (tertiary/aromatic N) is 2. The molecule has 6 nitrogen and oxygen atoms in total. The normalized spacial score (nSPS) is 28.4. The molecule has 0 aromatic heterocycles. The fourth-order valence-electron chi connectivity index (χ4n) is 4.46. The fraction of sp³-hybridized carbons (Fsp3) is 0.526. The van der Waals surface area contributed by atoms with Crippen molar-refractivity contribution in [3.05, 3.63) is 29.8 Å². The lowest BCUT2D eigenvalue weighted by atomic mass is 9.73. The molecule has 4 rings (SSSR count). The number of fused-ring (bicyclic) bond motifs is 1. The number of rotatable bonds is 2. The molecule has 25 heavy (non-hydrogen) atoms. The summed E-state index contributed by atoms with van der Waals surface area (Å²) >= 11 is 0. The molecule has 1 N–H and O–H groups in total. The minimum atomic E-state index is -0.807. The van der Waals surface area contributed by atoms with E-state index in [0.29, 0.717) is 13.0 Å². The Hall–Kier alpha value is -2.37. The average Bonchev–Trinajstić information content (AvgIpc) is 3.13. The minimum absolute atomic E-state index is 0.102. The lowest BCUT2D eigenvalue weighted by molar-refractivity contribution is -0.136. The topological polar surface area (TPSA) is 69.7 Å². The monoisotopic (exact) mass is 341 g/mol. The zero-order valence-electron chi connectivity index (χ0n) is 14.5. The van der Waals surface area contributed by atoms with Crippen molar-refractivity contribution >= 4 is 23.5 Å². The molecule has 2 fully saturated rings. The molecule has 1 saturated carbocycles. The zero-order valence-corrected chi connectivity index (χ0v) is 14.5. The van der Waals surface area contributed by atoms with E-state index in [1.165, 1.54) is 0 Å². The summed E-state index contributed by atoms with van der Waals surface area (Å²) in [7, 11) is 0. The number of anilines is 1. The Kier molecular flexibility index (Phi) is 3.78. The number of imide groups is 1. The van der Waals surface area contributed by atoms with Crippen molar-refractivity contribution in [2.75, 3.05) is 18.0 Å². The van der Waals surface area contributed by atoms with Gasteiger partial charge in [-0.1, -0.05) is 38.0 Å². The Morgan fingerprint density at radius 3 is 2.88 bits per heavy atom. The van der Waals surface area contributed by atoms with Gasteiger partial charge in [0.2, 0.25) is 5.91 Å². The third-order valence-corrected chi connectivity index (χ3v) is 5.98. The van der Waals surface area contributed by atoms with Crippen molar-refractivity contribution in [2.24, 2.45) is 5.92 Å². The number of nitrogens with one attached hydrogen (secondary N) is 1. The fourth-order valence-corrected chi connectivity index (χ4v) is 4.46. The summed E-state index contributed by atoms with van der Waals surface area (Å²) in [5, 5.41) is 2.90. The van der Waals surface area contributed by atoms with Crippen molar-refractivity contribution in [3.8, 4) is 0 Å². The highest BCUT2D eigenvalue weighted by Gasteiger charge is 2.55. The smallest absolute Gasteiger partial charge is 0.323 e. The highest BCUT2D eigenvalue weighted by molar-refractivity contribution is 6.10. The van der Waals surface area contributed by atoms with Gasteiger partial charge in [-0.2, -0.15) is 0 Å². The van der Waals surface area contributed by atoms with E-state index in [1.807, 2.05) is 31.2 Å². The molecule has 6 heteroatoms. The van der Waals surface area contributed by atoms with Gasteiger partial charge < -0.3 is 10.2 Å². The van der Waals surface area contributed by atoms with Crippen LogP contribution < -0.4 is 10.2 Å².